The maximum atomic E-state index is 12.7. The van der Waals surface area contributed by atoms with Crippen molar-refractivity contribution in [3.63, 3.8) is 0 Å². The Balaban J connectivity index is 1.21. The molecule has 4 N–H and O–H groups in total. The number of benzene rings is 2. The minimum Gasteiger partial charge on any atom is -0.352 e. The zero-order valence-electron chi connectivity index (χ0n) is 16.6. The van der Waals surface area contributed by atoms with Gasteiger partial charge in [-0.05, 0) is 55.2 Å². The van der Waals surface area contributed by atoms with E-state index in [-0.39, 0.29) is 11.8 Å². The number of fused-ring (bicyclic) bond motifs is 3. The second-order valence-electron chi connectivity index (χ2n) is 8.71. The van der Waals surface area contributed by atoms with E-state index < -0.39 is 0 Å². The van der Waals surface area contributed by atoms with Crippen LogP contribution >= 0.6 is 0 Å². The van der Waals surface area contributed by atoms with Gasteiger partial charge >= 0.3 is 0 Å². The molecular weight excluding hydrogens is 360 g/mol. The summed E-state index contributed by atoms with van der Waals surface area (Å²) in [4.78, 5) is 20.7. The molecule has 2 aliphatic carbocycles. The molecule has 2 saturated carbocycles. The molecular formula is C24H28N4O. The van der Waals surface area contributed by atoms with Gasteiger partial charge in [0.05, 0.1) is 11.0 Å². The molecule has 29 heavy (non-hydrogen) atoms. The Morgan fingerprint density at radius 3 is 2.52 bits per heavy atom. The van der Waals surface area contributed by atoms with Gasteiger partial charge in [0.15, 0.2) is 0 Å². The number of rotatable bonds is 4. The molecule has 150 valence electrons. The van der Waals surface area contributed by atoms with E-state index in [1.54, 1.807) is 0 Å². The molecule has 5 nitrogen and oxygen atoms in total. The molecule has 2 aromatic carbocycles. The molecule has 2 atom stereocenters. The SMILES string of the molecule is NC1C2CCCC1CC(C(=O)NCc1ccc(-c3nc4ccccc4[nH]3)cc1)C2. The van der Waals surface area contributed by atoms with E-state index in [1.807, 2.05) is 24.3 Å². The Kier molecular flexibility index (Phi) is 4.84. The number of aromatic amines is 1. The zero-order valence-corrected chi connectivity index (χ0v) is 16.6. The van der Waals surface area contributed by atoms with Crippen LogP contribution in [0.25, 0.3) is 22.4 Å². The van der Waals surface area contributed by atoms with Crippen LogP contribution in [-0.4, -0.2) is 21.9 Å². The highest BCUT2D eigenvalue weighted by Crippen LogP contribution is 2.41. The van der Waals surface area contributed by atoms with Crippen molar-refractivity contribution in [3.8, 4) is 11.4 Å². The molecule has 2 bridgehead atoms. The summed E-state index contributed by atoms with van der Waals surface area (Å²) >= 11 is 0. The van der Waals surface area contributed by atoms with Crippen molar-refractivity contribution < 1.29 is 4.79 Å². The highest BCUT2D eigenvalue weighted by Gasteiger charge is 2.40. The third kappa shape index (κ3) is 3.67. The van der Waals surface area contributed by atoms with E-state index in [9.17, 15) is 4.79 Å². The van der Waals surface area contributed by atoms with Crippen LogP contribution in [0, 0.1) is 17.8 Å². The van der Waals surface area contributed by atoms with Gasteiger partial charge in [0.1, 0.15) is 5.82 Å². The number of hydrogen-bond donors (Lipinski definition) is 3. The molecule has 1 aromatic heterocycles. The Morgan fingerprint density at radius 2 is 1.79 bits per heavy atom. The standard InChI is InChI=1S/C24H28N4O/c25-22-17-4-3-5-18(22)13-19(12-17)24(29)26-14-15-8-10-16(11-9-15)23-27-20-6-1-2-7-21(20)28-23/h1-2,6-11,17-19,22H,3-5,12-14,25H2,(H,26,29)(H,27,28). The van der Waals surface area contributed by atoms with Gasteiger partial charge in [-0.3, -0.25) is 4.79 Å². The molecule has 3 aromatic rings. The summed E-state index contributed by atoms with van der Waals surface area (Å²) in [5.41, 5.74) is 10.5. The zero-order chi connectivity index (χ0) is 19.8. The third-order valence-electron chi connectivity index (χ3n) is 6.87. The lowest BCUT2D eigenvalue weighted by atomic mass is 9.65. The number of carbonyl (C=O) groups is 1. The van der Waals surface area contributed by atoms with Crippen LogP contribution in [0.2, 0.25) is 0 Å². The third-order valence-corrected chi connectivity index (χ3v) is 6.87. The number of nitrogens with one attached hydrogen (secondary N) is 2. The second-order valence-corrected chi connectivity index (χ2v) is 8.71. The van der Waals surface area contributed by atoms with E-state index in [2.05, 4.69) is 39.6 Å². The quantitative estimate of drug-likeness (QED) is 0.632. The van der Waals surface area contributed by atoms with Gasteiger partial charge in [0, 0.05) is 24.1 Å². The Hall–Kier alpha value is -2.66. The molecule has 0 saturated heterocycles. The summed E-state index contributed by atoms with van der Waals surface area (Å²) in [6.45, 7) is 0.567. The van der Waals surface area contributed by atoms with Crippen molar-refractivity contribution in [1.29, 1.82) is 0 Å². The summed E-state index contributed by atoms with van der Waals surface area (Å²) in [5.74, 6) is 2.24. The summed E-state index contributed by atoms with van der Waals surface area (Å²) < 4.78 is 0. The summed E-state index contributed by atoms with van der Waals surface area (Å²) in [6, 6.07) is 16.6. The average Bonchev–Trinajstić information content (AvgIpc) is 3.16. The molecule has 1 heterocycles. The number of amides is 1. The normalized spacial score (nSPS) is 26.4. The molecule has 2 unspecified atom stereocenters. The summed E-state index contributed by atoms with van der Waals surface area (Å²) in [6.07, 6.45) is 5.55. The van der Waals surface area contributed by atoms with Crippen molar-refractivity contribution in [2.45, 2.75) is 44.7 Å². The maximum Gasteiger partial charge on any atom is 0.223 e. The van der Waals surface area contributed by atoms with Gasteiger partial charge < -0.3 is 16.0 Å². The fraction of sp³-hybridized carbons (Fsp3) is 0.417. The fourth-order valence-corrected chi connectivity index (χ4v) is 5.21. The highest BCUT2D eigenvalue weighted by atomic mass is 16.1. The minimum atomic E-state index is 0.125. The maximum absolute atomic E-state index is 12.7. The van der Waals surface area contributed by atoms with E-state index in [0.29, 0.717) is 24.4 Å². The van der Waals surface area contributed by atoms with E-state index in [1.165, 1.54) is 19.3 Å². The van der Waals surface area contributed by atoms with E-state index in [0.717, 1.165) is 40.8 Å². The first-order chi connectivity index (χ1) is 14.2. The van der Waals surface area contributed by atoms with Gasteiger partial charge in [-0.15, -0.1) is 0 Å². The minimum absolute atomic E-state index is 0.125. The number of hydrogen-bond acceptors (Lipinski definition) is 3. The van der Waals surface area contributed by atoms with Gasteiger partial charge in [-0.1, -0.05) is 42.8 Å². The highest BCUT2D eigenvalue weighted by molar-refractivity contribution is 5.80. The Morgan fingerprint density at radius 1 is 1.07 bits per heavy atom. The second kappa shape index (κ2) is 7.64. The average molecular weight is 389 g/mol. The first-order valence-corrected chi connectivity index (χ1v) is 10.7. The van der Waals surface area contributed by atoms with Crippen LogP contribution in [0.3, 0.4) is 0 Å². The number of carbonyl (C=O) groups excluding carboxylic acids is 1. The van der Waals surface area contributed by atoms with E-state index >= 15 is 0 Å². The molecule has 1 amide bonds. The lowest BCUT2D eigenvalue weighted by Crippen LogP contribution is -2.49. The van der Waals surface area contributed by atoms with Crippen molar-refractivity contribution in [2.24, 2.45) is 23.5 Å². The monoisotopic (exact) mass is 388 g/mol. The van der Waals surface area contributed by atoms with Crippen LogP contribution < -0.4 is 11.1 Å². The lowest BCUT2D eigenvalue weighted by Gasteiger charge is -2.43. The first-order valence-electron chi connectivity index (χ1n) is 10.7. The molecule has 5 rings (SSSR count). The Labute approximate surface area is 171 Å². The van der Waals surface area contributed by atoms with Crippen molar-refractivity contribution in [3.05, 3.63) is 54.1 Å². The topological polar surface area (TPSA) is 83.8 Å². The predicted octanol–water partition coefficient (Wildman–Crippen LogP) is 4.00. The van der Waals surface area contributed by atoms with Gasteiger partial charge in [0.2, 0.25) is 5.91 Å². The van der Waals surface area contributed by atoms with Gasteiger partial charge in [-0.25, -0.2) is 4.98 Å². The van der Waals surface area contributed by atoms with Crippen LogP contribution in [0.4, 0.5) is 0 Å². The summed E-state index contributed by atoms with van der Waals surface area (Å²) in [5, 5.41) is 3.15. The van der Waals surface area contributed by atoms with Crippen molar-refractivity contribution in [2.75, 3.05) is 0 Å². The van der Waals surface area contributed by atoms with Crippen LogP contribution in [-0.2, 0) is 11.3 Å². The number of nitrogens with zero attached hydrogens (tertiary/aromatic N) is 1. The fourth-order valence-electron chi connectivity index (χ4n) is 5.21. The molecule has 2 fully saturated rings. The predicted molar refractivity (Wildman–Crippen MR) is 115 cm³/mol. The van der Waals surface area contributed by atoms with Crippen molar-refractivity contribution in [1.82, 2.24) is 15.3 Å². The molecule has 0 spiro atoms. The smallest absolute Gasteiger partial charge is 0.223 e. The van der Waals surface area contributed by atoms with Gasteiger partial charge in [-0.2, -0.15) is 0 Å². The molecule has 0 radical (unpaired) electrons. The molecule has 5 heteroatoms. The number of nitrogens with two attached hydrogens (primary N) is 1. The molecule has 0 aliphatic heterocycles. The van der Waals surface area contributed by atoms with Crippen LogP contribution in [0.5, 0.6) is 0 Å². The first kappa shape index (κ1) is 18.4. The van der Waals surface area contributed by atoms with Crippen LogP contribution in [0.1, 0.15) is 37.7 Å². The number of imidazole rings is 1. The largest absolute Gasteiger partial charge is 0.352 e. The van der Waals surface area contributed by atoms with Gasteiger partial charge in [0.25, 0.3) is 0 Å². The number of H-pyrrole nitrogens is 1. The van der Waals surface area contributed by atoms with Crippen molar-refractivity contribution >= 4 is 16.9 Å². The lowest BCUT2D eigenvalue weighted by molar-refractivity contribution is -0.128. The summed E-state index contributed by atoms with van der Waals surface area (Å²) in [7, 11) is 0. The van der Waals surface area contributed by atoms with E-state index in [4.69, 9.17) is 5.73 Å². The Bertz CT molecular complexity index is 962. The molecule has 2 aliphatic rings. The van der Waals surface area contributed by atoms with Crippen LogP contribution in [0.15, 0.2) is 48.5 Å². The number of para-hydroxylation sites is 2. The number of aromatic nitrogens is 2.